The van der Waals surface area contributed by atoms with Gasteiger partial charge in [-0.25, -0.2) is 0 Å². The molecule has 0 bridgehead atoms. The van der Waals surface area contributed by atoms with Crippen LogP contribution in [0, 0.1) is 0 Å². The van der Waals surface area contributed by atoms with Crippen molar-refractivity contribution >= 4 is 5.91 Å². The number of hydrogen-bond acceptors (Lipinski definition) is 2. The quantitative estimate of drug-likeness (QED) is 0.741. The van der Waals surface area contributed by atoms with Gasteiger partial charge in [0.05, 0.1) is 6.61 Å². The number of aliphatic hydroxyl groups excluding tert-OH is 1. The van der Waals surface area contributed by atoms with Crippen molar-refractivity contribution in [3.63, 3.8) is 0 Å². The van der Waals surface area contributed by atoms with Crippen molar-refractivity contribution in [2.24, 2.45) is 0 Å². The van der Waals surface area contributed by atoms with Gasteiger partial charge in [-0.1, -0.05) is 0 Å². The molecular formula is C10H16N2O2. The summed E-state index contributed by atoms with van der Waals surface area (Å²) >= 11 is 0. The molecule has 1 aromatic heterocycles. The molecule has 0 spiro atoms. The zero-order chi connectivity index (χ0) is 10.6. The van der Waals surface area contributed by atoms with Crippen molar-refractivity contribution in [1.82, 2.24) is 9.88 Å². The van der Waals surface area contributed by atoms with E-state index in [4.69, 9.17) is 5.11 Å². The number of amides is 1. The second-order valence-electron chi connectivity index (χ2n) is 3.24. The molecule has 1 rings (SSSR count). The highest BCUT2D eigenvalue weighted by molar-refractivity contribution is 5.92. The molecule has 0 unspecified atom stereocenters. The molecule has 0 aliphatic carbocycles. The molecule has 14 heavy (non-hydrogen) atoms. The Kier molecular flexibility index (Phi) is 3.71. The fourth-order valence-electron chi connectivity index (χ4n) is 1.24. The molecular weight excluding hydrogens is 180 g/mol. The molecule has 0 aliphatic heterocycles. The number of carbonyl (C=O) groups excluding carboxylic acids is 1. The Morgan fingerprint density at radius 2 is 2.43 bits per heavy atom. The van der Waals surface area contributed by atoms with E-state index in [0.29, 0.717) is 5.69 Å². The van der Waals surface area contributed by atoms with Crippen LogP contribution in [-0.4, -0.2) is 28.2 Å². The fraction of sp³-hybridized carbons (Fsp3) is 0.500. The van der Waals surface area contributed by atoms with Crippen LogP contribution >= 0.6 is 0 Å². The Hall–Kier alpha value is -1.29. The van der Waals surface area contributed by atoms with E-state index >= 15 is 0 Å². The Bertz CT molecular complexity index is 307. The minimum Gasteiger partial charge on any atom is -0.394 e. The smallest absolute Gasteiger partial charge is 0.268 e. The summed E-state index contributed by atoms with van der Waals surface area (Å²) in [6.07, 6.45) is 1.86. The van der Waals surface area contributed by atoms with E-state index in [0.717, 1.165) is 6.54 Å². The van der Waals surface area contributed by atoms with Crippen molar-refractivity contribution in [2.45, 2.75) is 26.4 Å². The molecule has 4 heteroatoms. The molecule has 0 saturated carbocycles. The molecule has 1 aromatic rings. The van der Waals surface area contributed by atoms with Crippen LogP contribution in [0.4, 0.5) is 0 Å². The van der Waals surface area contributed by atoms with E-state index in [9.17, 15) is 4.79 Å². The van der Waals surface area contributed by atoms with Gasteiger partial charge in [0.1, 0.15) is 5.69 Å². The molecule has 0 aliphatic rings. The molecule has 0 fully saturated rings. The Balaban J connectivity index is 2.69. The topological polar surface area (TPSA) is 54.3 Å². The minimum absolute atomic E-state index is 0.0431. The average Bonchev–Trinajstić information content (AvgIpc) is 2.65. The molecule has 1 heterocycles. The standard InChI is InChI=1S/C10H16N2O2/c1-3-12-6-4-5-9(12)10(14)11-8(2)7-13/h4-6,8,13H,3,7H2,1-2H3,(H,11,14)/t8-/m1/s1. The van der Waals surface area contributed by atoms with Crippen LogP contribution in [0.1, 0.15) is 24.3 Å². The van der Waals surface area contributed by atoms with Gasteiger partial charge >= 0.3 is 0 Å². The number of carbonyl (C=O) groups is 1. The normalized spacial score (nSPS) is 12.5. The second kappa shape index (κ2) is 4.81. The first-order valence-electron chi connectivity index (χ1n) is 4.76. The van der Waals surface area contributed by atoms with Gasteiger partial charge < -0.3 is 15.0 Å². The molecule has 4 nitrogen and oxygen atoms in total. The van der Waals surface area contributed by atoms with E-state index in [1.165, 1.54) is 0 Å². The summed E-state index contributed by atoms with van der Waals surface area (Å²) < 4.78 is 1.86. The van der Waals surface area contributed by atoms with Crippen molar-refractivity contribution < 1.29 is 9.90 Å². The van der Waals surface area contributed by atoms with Gasteiger partial charge in [0.15, 0.2) is 0 Å². The zero-order valence-corrected chi connectivity index (χ0v) is 8.53. The SMILES string of the molecule is CCn1cccc1C(=O)N[C@H](C)CO. The van der Waals surface area contributed by atoms with Crippen molar-refractivity contribution in [3.8, 4) is 0 Å². The number of nitrogens with zero attached hydrogens (tertiary/aromatic N) is 1. The predicted octanol–water partition coefficient (Wildman–Crippen LogP) is 0.619. The van der Waals surface area contributed by atoms with Gasteiger partial charge in [-0.15, -0.1) is 0 Å². The van der Waals surface area contributed by atoms with Gasteiger partial charge in [-0.3, -0.25) is 4.79 Å². The highest BCUT2D eigenvalue weighted by atomic mass is 16.3. The van der Waals surface area contributed by atoms with Gasteiger partial charge in [0.25, 0.3) is 5.91 Å². The Labute approximate surface area is 83.5 Å². The van der Waals surface area contributed by atoms with Crippen LogP contribution < -0.4 is 5.32 Å². The minimum atomic E-state index is -0.206. The van der Waals surface area contributed by atoms with Gasteiger partial charge in [0.2, 0.25) is 0 Å². The molecule has 78 valence electrons. The lowest BCUT2D eigenvalue weighted by Crippen LogP contribution is -2.36. The van der Waals surface area contributed by atoms with E-state index in [2.05, 4.69) is 5.32 Å². The highest BCUT2D eigenvalue weighted by Crippen LogP contribution is 2.02. The number of aryl methyl sites for hydroxylation is 1. The first kappa shape index (κ1) is 10.8. The van der Waals surface area contributed by atoms with Crippen molar-refractivity contribution in [2.75, 3.05) is 6.61 Å². The van der Waals surface area contributed by atoms with E-state index in [-0.39, 0.29) is 18.6 Å². The summed E-state index contributed by atoms with van der Waals surface area (Å²) in [5, 5.41) is 11.5. The number of aromatic nitrogens is 1. The number of aliphatic hydroxyl groups is 1. The van der Waals surface area contributed by atoms with Gasteiger partial charge in [-0.05, 0) is 26.0 Å². The monoisotopic (exact) mass is 196 g/mol. The third-order valence-electron chi connectivity index (χ3n) is 2.05. The lowest BCUT2D eigenvalue weighted by atomic mass is 10.3. The zero-order valence-electron chi connectivity index (χ0n) is 8.53. The van der Waals surface area contributed by atoms with Crippen LogP contribution in [0.25, 0.3) is 0 Å². The fourth-order valence-corrected chi connectivity index (χ4v) is 1.24. The van der Waals surface area contributed by atoms with Gasteiger partial charge in [0, 0.05) is 18.8 Å². The maximum atomic E-state index is 11.6. The van der Waals surface area contributed by atoms with Crippen molar-refractivity contribution in [3.05, 3.63) is 24.0 Å². The van der Waals surface area contributed by atoms with E-state index < -0.39 is 0 Å². The Morgan fingerprint density at radius 1 is 1.71 bits per heavy atom. The number of rotatable bonds is 4. The summed E-state index contributed by atoms with van der Waals surface area (Å²) in [5.41, 5.74) is 0.632. The first-order chi connectivity index (χ1) is 6.69. The molecule has 2 N–H and O–H groups in total. The lowest BCUT2D eigenvalue weighted by molar-refractivity contribution is 0.0913. The van der Waals surface area contributed by atoms with Crippen LogP contribution in [0.3, 0.4) is 0 Å². The molecule has 1 amide bonds. The van der Waals surface area contributed by atoms with Crippen LogP contribution in [0.2, 0.25) is 0 Å². The molecule has 0 radical (unpaired) electrons. The summed E-state index contributed by atoms with van der Waals surface area (Å²) in [6.45, 7) is 4.46. The average molecular weight is 196 g/mol. The largest absolute Gasteiger partial charge is 0.394 e. The second-order valence-corrected chi connectivity index (χ2v) is 3.24. The third-order valence-corrected chi connectivity index (χ3v) is 2.05. The third kappa shape index (κ3) is 2.35. The van der Waals surface area contributed by atoms with Crippen LogP contribution in [-0.2, 0) is 6.54 Å². The maximum Gasteiger partial charge on any atom is 0.268 e. The number of nitrogens with one attached hydrogen (secondary N) is 1. The molecule has 0 saturated heterocycles. The summed E-state index contributed by atoms with van der Waals surface area (Å²) in [5.74, 6) is -0.140. The summed E-state index contributed by atoms with van der Waals surface area (Å²) in [6, 6.07) is 3.40. The van der Waals surface area contributed by atoms with Gasteiger partial charge in [-0.2, -0.15) is 0 Å². The van der Waals surface area contributed by atoms with Crippen LogP contribution in [0.15, 0.2) is 18.3 Å². The number of hydrogen-bond donors (Lipinski definition) is 2. The van der Waals surface area contributed by atoms with Crippen LogP contribution in [0.5, 0.6) is 0 Å². The summed E-state index contributed by atoms with van der Waals surface area (Å²) in [4.78, 5) is 11.6. The molecule has 1 atom stereocenters. The van der Waals surface area contributed by atoms with Crippen molar-refractivity contribution in [1.29, 1.82) is 0 Å². The van der Waals surface area contributed by atoms with E-state index in [1.807, 2.05) is 23.8 Å². The predicted molar refractivity (Wildman–Crippen MR) is 54.1 cm³/mol. The molecule has 0 aromatic carbocycles. The maximum absolute atomic E-state index is 11.6. The highest BCUT2D eigenvalue weighted by Gasteiger charge is 2.11. The first-order valence-corrected chi connectivity index (χ1v) is 4.76. The van der Waals surface area contributed by atoms with E-state index in [1.54, 1.807) is 13.0 Å². The lowest BCUT2D eigenvalue weighted by Gasteiger charge is -2.11. The Morgan fingerprint density at radius 3 is 3.00 bits per heavy atom. The summed E-state index contributed by atoms with van der Waals surface area (Å²) in [7, 11) is 0.